The normalized spacial score (nSPS) is 23.9. The van der Waals surface area contributed by atoms with Crippen molar-refractivity contribution < 1.29 is 0 Å². The third-order valence-electron chi connectivity index (χ3n) is 7.13. The first kappa shape index (κ1) is 22.8. The van der Waals surface area contributed by atoms with Crippen LogP contribution in [0.15, 0.2) is 63.3 Å². The molecule has 2 heterocycles. The van der Waals surface area contributed by atoms with E-state index >= 15 is 0 Å². The fourth-order valence-electron chi connectivity index (χ4n) is 5.23. The maximum atomic E-state index is 5.62. The molecule has 0 N–H and O–H groups in total. The van der Waals surface area contributed by atoms with Crippen molar-refractivity contribution >= 4 is 24.9 Å². The fraction of sp³-hybridized carbons (Fsp3) is 0.423. The summed E-state index contributed by atoms with van der Waals surface area (Å²) in [4.78, 5) is 2.37. The van der Waals surface area contributed by atoms with E-state index in [1.807, 2.05) is 0 Å². The van der Waals surface area contributed by atoms with Crippen molar-refractivity contribution in [3.8, 4) is 0 Å². The summed E-state index contributed by atoms with van der Waals surface area (Å²) in [7, 11) is 1.97. The van der Waals surface area contributed by atoms with Crippen molar-refractivity contribution in [3.05, 3.63) is 70.2 Å². The van der Waals surface area contributed by atoms with E-state index < -0.39 is 7.36 Å². The summed E-state index contributed by atoms with van der Waals surface area (Å²) in [5, 5.41) is 6.14. The topological polar surface area (TPSA) is 34.4 Å². The van der Waals surface area contributed by atoms with Gasteiger partial charge < -0.3 is 4.90 Å². The number of para-hydroxylation sites is 1. The fourth-order valence-corrected chi connectivity index (χ4v) is 9.00. The van der Waals surface area contributed by atoms with Gasteiger partial charge in [-0.2, -0.15) is 5.10 Å². The quantitative estimate of drug-likeness (QED) is 0.477. The highest BCUT2D eigenvalue weighted by Crippen LogP contribution is 2.69. The van der Waals surface area contributed by atoms with E-state index in [9.17, 15) is 0 Å². The van der Waals surface area contributed by atoms with E-state index in [2.05, 4.69) is 119 Å². The standard InChI is InChI=1S/C26H36N5P/c1-9-31(10-2)32(28-22-16-13-14-19(3)20(22)4)24(18-27-30(32)8)25-26(5,6)21-15-11-12-17-23(21)29(25)7/h11-18H,9-10H2,1-8H3/b25-24+. The number of allylic oxidation sites excluding steroid dienone is 2. The van der Waals surface area contributed by atoms with Gasteiger partial charge in [0.2, 0.25) is 0 Å². The number of anilines is 1. The first-order valence-electron chi connectivity index (χ1n) is 11.5. The minimum atomic E-state index is -2.31. The SMILES string of the molecule is CCN(CC)P1(=Nc2cccc(C)c2C)/C(=C2/N(C)c3ccccc3C2(C)C)C=NN1C. The van der Waals surface area contributed by atoms with Crippen molar-refractivity contribution in [2.45, 2.75) is 47.0 Å². The van der Waals surface area contributed by atoms with Crippen molar-refractivity contribution in [2.75, 3.05) is 32.1 Å². The number of hydrogen-bond donors (Lipinski definition) is 0. The number of rotatable bonds is 4. The minimum absolute atomic E-state index is 0.131. The molecule has 0 aliphatic carbocycles. The lowest BCUT2D eigenvalue weighted by atomic mass is 9.84. The van der Waals surface area contributed by atoms with Crippen LogP contribution >= 0.6 is 7.36 Å². The van der Waals surface area contributed by atoms with Crippen molar-refractivity contribution in [1.82, 2.24) is 9.45 Å². The molecule has 1 atom stereocenters. The molecule has 4 rings (SSSR count). The largest absolute Gasteiger partial charge is 0.346 e. The molecule has 0 aromatic heterocycles. The molecule has 0 spiro atoms. The first-order chi connectivity index (χ1) is 15.2. The summed E-state index contributed by atoms with van der Waals surface area (Å²) in [6.45, 7) is 15.3. The average molecular weight is 450 g/mol. The molecule has 0 radical (unpaired) electrons. The molecule has 0 fully saturated rings. The minimum Gasteiger partial charge on any atom is -0.346 e. The van der Waals surface area contributed by atoms with Crippen LogP contribution in [0.5, 0.6) is 0 Å². The molecule has 0 amide bonds. The summed E-state index contributed by atoms with van der Waals surface area (Å²) in [5.41, 5.74) is 7.38. The predicted octanol–water partition coefficient (Wildman–Crippen LogP) is 6.88. The summed E-state index contributed by atoms with van der Waals surface area (Å²) >= 11 is 0. The molecule has 0 bridgehead atoms. The van der Waals surface area contributed by atoms with Gasteiger partial charge in [-0.15, -0.1) is 0 Å². The Hall–Kier alpha value is -2.36. The Morgan fingerprint density at radius 3 is 2.34 bits per heavy atom. The molecule has 6 heteroatoms. The van der Waals surface area contributed by atoms with Crippen molar-refractivity contribution in [2.24, 2.45) is 9.85 Å². The van der Waals surface area contributed by atoms with E-state index in [0.29, 0.717) is 0 Å². The van der Waals surface area contributed by atoms with Crippen LogP contribution in [-0.2, 0) is 5.41 Å². The summed E-state index contributed by atoms with van der Waals surface area (Å²) in [5.74, 6) is 0. The lowest BCUT2D eigenvalue weighted by Crippen LogP contribution is -2.30. The van der Waals surface area contributed by atoms with Crippen LogP contribution in [0.1, 0.15) is 44.4 Å². The lowest BCUT2D eigenvalue weighted by Gasteiger charge is -2.39. The number of likely N-dealkylation sites (N-methyl/N-ethyl adjacent to an activating group) is 1. The number of benzene rings is 2. The molecule has 0 saturated heterocycles. The molecular weight excluding hydrogens is 413 g/mol. The van der Waals surface area contributed by atoms with Gasteiger partial charge in [-0.1, -0.05) is 58.0 Å². The molecule has 2 aliphatic heterocycles. The van der Waals surface area contributed by atoms with E-state index in [-0.39, 0.29) is 5.41 Å². The molecule has 0 saturated carbocycles. The second-order valence-corrected chi connectivity index (χ2v) is 12.2. The maximum Gasteiger partial charge on any atom is 0.174 e. The van der Waals surface area contributed by atoms with Crippen LogP contribution in [0.3, 0.4) is 0 Å². The van der Waals surface area contributed by atoms with E-state index in [1.54, 1.807) is 0 Å². The highest BCUT2D eigenvalue weighted by molar-refractivity contribution is 7.67. The third-order valence-corrected chi connectivity index (χ3v) is 10.9. The van der Waals surface area contributed by atoms with Crippen LogP contribution in [0, 0.1) is 13.8 Å². The van der Waals surface area contributed by atoms with Crippen molar-refractivity contribution in [1.29, 1.82) is 0 Å². The Bertz CT molecular complexity index is 1160. The van der Waals surface area contributed by atoms with E-state index in [0.717, 1.165) is 18.8 Å². The number of nitrogens with zero attached hydrogens (tertiary/aromatic N) is 5. The lowest BCUT2D eigenvalue weighted by molar-refractivity contribution is 0.452. The van der Waals surface area contributed by atoms with Gasteiger partial charge in [0.05, 0.1) is 17.2 Å². The van der Waals surface area contributed by atoms with Gasteiger partial charge in [0.25, 0.3) is 0 Å². The number of hydrazone groups is 1. The van der Waals surface area contributed by atoms with Crippen LogP contribution < -0.4 is 4.90 Å². The Kier molecular flexibility index (Phi) is 5.85. The predicted molar refractivity (Wildman–Crippen MR) is 139 cm³/mol. The van der Waals surface area contributed by atoms with Gasteiger partial charge in [-0.3, -0.25) is 0 Å². The number of aryl methyl sites for hydroxylation is 1. The third kappa shape index (κ3) is 3.17. The molecule has 2 aromatic rings. The second-order valence-electron chi connectivity index (χ2n) is 9.20. The molecule has 170 valence electrons. The zero-order chi connectivity index (χ0) is 23.3. The summed E-state index contributed by atoms with van der Waals surface area (Å²) in [6, 6.07) is 15.2. The van der Waals surface area contributed by atoms with Crippen LogP contribution in [0.2, 0.25) is 0 Å². The zero-order valence-corrected chi connectivity index (χ0v) is 21.6. The van der Waals surface area contributed by atoms with Crippen LogP contribution in [0.4, 0.5) is 11.4 Å². The van der Waals surface area contributed by atoms with Gasteiger partial charge in [0.1, 0.15) is 0 Å². The Morgan fingerprint density at radius 2 is 1.69 bits per heavy atom. The summed E-state index contributed by atoms with van der Waals surface area (Å²) < 4.78 is 10.3. The molecule has 2 aliphatic rings. The van der Waals surface area contributed by atoms with E-state index in [1.165, 1.54) is 33.4 Å². The molecule has 2 aromatic carbocycles. The monoisotopic (exact) mass is 449 g/mol. The molecule has 1 unspecified atom stereocenters. The zero-order valence-electron chi connectivity index (χ0n) is 20.7. The highest BCUT2D eigenvalue weighted by Gasteiger charge is 2.47. The molecular formula is C26H36N5P. The second kappa shape index (κ2) is 8.20. The van der Waals surface area contributed by atoms with Crippen LogP contribution in [-0.4, -0.2) is 42.8 Å². The Morgan fingerprint density at radius 1 is 1.00 bits per heavy atom. The van der Waals surface area contributed by atoms with Gasteiger partial charge >= 0.3 is 0 Å². The number of hydrogen-bond acceptors (Lipinski definition) is 3. The Labute approximate surface area is 193 Å². The smallest absolute Gasteiger partial charge is 0.174 e. The van der Waals surface area contributed by atoms with Gasteiger partial charge in [-0.05, 0) is 42.7 Å². The average Bonchev–Trinajstić information content (AvgIpc) is 3.18. The van der Waals surface area contributed by atoms with E-state index in [4.69, 9.17) is 9.85 Å². The van der Waals surface area contributed by atoms with Gasteiger partial charge in [-0.25, -0.2) is 14.2 Å². The molecule has 5 nitrogen and oxygen atoms in total. The molecule has 32 heavy (non-hydrogen) atoms. The maximum absolute atomic E-state index is 5.62. The van der Waals surface area contributed by atoms with Crippen molar-refractivity contribution in [3.63, 3.8) is 0 Å². The first-order valence-corrected chi connectivity index (χ1v) is 13.2. The summed E-state index contributed by atoms with van der Waals surface area (Å²) in [6.07, 6.45) is 2.08. The highest BCUT2D eigenvalue weighted by atomic mass is 31.2. The number of fused-ring (bicyclic) bond motifs is 1. The van der Waals surface area contributed by atoms with Gasteiger partial charge in [0, 0.05) is 44.0 Å². The Balaban J connectivity index is 2.09. The van der Waals surface area contributed by atoms with Gasteiger partial charge in [0.15, 0.2) is 7.36 Å². The van der Waals surface area contributed by atoms with Crippen LogP contribution in [0.25, 0.3) is 0 Å².